The lowest BCUT2D eigenvalue weighted by molar-refractivity contribution is -0.146. The van der Waals surface area contributed by atoms with E-state index in [1.807, 2.05) is 210 Å². The standard InChI is InChI=1S/C26H29N3O5.2C15H12N2O.C11H19NO5.C8H7BrO2.C7H8N2/c1-16-11-12-20-19(13-16)23(28-22(27-20)17-9-7-6-8-10-17)33-18-14-21(24(30)32-5)29(15-18)25(31)34-26(2,3)4;2*1-10-7-8-13-12(9-10)15(18)17-14(16-13)11-5-3-2-4-6-11;1-11(2,3)17-10(15)12-6-7(13)5-8(12)9(14)16-4;1-5-2-3-7(9)6(4-5)8(10)11;8-7(9)6-4-2-1-3-5-6/h6-13,18,21H,14-15H2,1-5H3;2*2-9H,1H3,(H,16,17,18);7-8,13H,5-6H2,1-4H3;2-4H,1H3,(H,10,11);1-5H,(H3,8,9)/t18-,21+;;;7-,8+;;/m1..1../s1. The summed E-state index contributed by atoms with van der Waals surface area (Å²) >= 11 is 3.15. The molecule has 2 aliphatic heterocycles. The van der Waals surface area contributed by atoms with E-state index in [1.54, 1.807) is 53.7 Å². The largest absolute Gasteiger partial charge is 0.478 e. The number of halogens is 1. The second-order valence-corrected chi connectivity index (χ2v) is 28.0. The number of hydrogen-bond acceptors (Lipinski definition) is 18. The third-order valence-corrected chi connectivity index (χ3v) is 16.8. The van der Waals surface area contributed by atoms with E-state index >= 15 is 0 Å². The van der Waals surface area contributed by atoms with E-state index in [-0.39, 0.29) is 42.9 Å². The number of β-amino-alcohol motifs (C(OH)–C–C–N with tert-alkyl or cyclic N) is 1. The average Bonchev–Trinajstić information content (AvgIpc) is 1.66. The number of aromatic nitrogens is 6. The summed E-state index contributed by atoms with van der Waals surface area (Å²) < 4.78 is 27.2. The van der Waals surface area contributed by atoms with Gasteiger partial charge in [-0.2, -0.15) is 4.98 Å². The first-order chi connectivity index (χ1) is 50.8. The van der Waals surface area contributed by atoms with Crippen LogP contribution in [0.3, 0.4) is 0 Å². The van der Waals surface area contributed by atoms with Crippen LogP contribution in [0.1, 0.15) is 92.6 Å². The van der Waals surface area contributed by atoms with Crippen LogP contribution < -0.4 is 21.6 Å². The van der Waals surface area contributed by atoms with Gasteiger partial charge in [-0.15, -0.1) is 0 Å². The number of carboxylic acids is 1. The lowest BCUT2D eigenvalue weighted by Crippen LogP contribution is -2.44. The molecule has 2 fully saturated rings. The zero-order valence-electron chi connectivity index (χ0n) is 61.5. The number of nitrogens with zero attached hydrogens (tertiary/aromatic N) is 6. The first kappa shape index (κ1) is 80.7. The number of nitrogen functional groups attached to an aromatic ring is 1. The number of fused-ring (bicyclic) bond motifs is 3. The number of esters is 2. The molecule has 0 spiro atoms. The number of carboxylic acid groups (broad SMARTS) is 1. The number of ether oxygens (including phenoxy) is 5. The number of likely N-dealkylation sites (tertiary alicyclic amines) is 2. The van der Waals surface area contributed by atoms with Crippen LogP contribution in [-0.2, 0) is 28.5 Å². The number of benzene rings is 8. The van der Waals surface area contributed by atoms with Crippen molar-refractivity contribution in [2.45, 2.75) is 118 Å². The number of hydrogen-bond donors (Lipinski definition) is 6. The lowest BCUT2D eigenvalue weighted by atomic mass is 10.1. The Hall–Kier alpha value is -12.0. The van der Waals surface area contributed by atoms with E-state index in [2.05, 4.69) is 40.6 Å². The average molecular weight is 1520 g/mol. The lowest BCUT2D eigenvalue weighted by Gasteiger charge is -2.27. The van der Waals surface area contributed by atoms with Crippen molar-refractivity contribution in [1.29, 1.82) is 5.41 Å². The highest BCUT2D eigenvalue weighted by molar-refractivity contribution is 9.10. The Balaban J connectivity index is 0.000000171. The molecule has 0 aliphatic carbocycles. The Morgan fingerprint density at radius 3 is 1.33 bits per heavy atom. The van der Waals surface area contributed by atoms with Crippen LogP contribution in [0.4, 0.5) is 9.59 Å². The molecule has 11 aromatic rings. The molecule has 2 amide bonds. The van der Waals surface area contributed by atoms with Gasteiger partial charge in [0, 0.05) is 39.6 Å². The summed E-state index contributed by atoms with van der Waals surface area (Å²) in [5.41, 5.74) is 13.8. The summed E-state index contributed by atoms with van der Waals surface area (Å²) in [5.74, 6) is 0.341. The molecule has 25 heteroatoms. The van der Waals surface area contributed by atoms with Crippen molar-refractivity contribution in [2.75, 3.05) is 27.3 Å². The monoisotopic (exact) mass is 1510 g/mol. The predicted octanol–water partition coefficient (Wildman–Crippen LogP) is 14.3. The number of amidine groups is 1. The van der Waals surface area contributed by atoms with Gasteiger partial charge in [-0.3, -0.25) is 24.8 Å². The van der Waals surface area contributed by atoms with Crippen molar-refractivity contribution >= 4 is 84.6 Å². The maximum Gasteiger partial charge on any atom is 0.411 e. The number of carbonyl (C=O) groups excluding carboxylic acids is 4. The fraction of sp³-hybridized carbons (Fsp3) is 0.268. The van der Waals surface area contributed by atoms with Gasteiger partial charge < -0.3 is 49.6 Å². The molecule has 5 heterocycles. The van der Waals surface area contributed by atoms with Crippen molar-refractivity contribution in [2.24, 2.45) is 5.73 Å². The van der Waals surface area contributed by atoms with Gasteiger partial charge in [0.15, 0.2) is 5.82 Å². The molecule has 2 aliphatic rings. The highest BCUT2D eigenvalue weighted by atomic mass is 79.9. The van der Waals surface area contributed by atoms with E-state index in [0.717, 1.165) is 66.4 Å². The number of aliphatic hydroxyl groups is 1. The molecular weight excluding hydrogens is 1430 g/mol. The third kappa shape index (κ3) is 23.0. The molecule has 13 rings (SSSR count). The highest BCUT2D eigenvalue weighted by Gasteiger charge is 2.44. The van der Waals surface area contributed by atoms with E-state index < -0.39 is 65.6 Å². The van der Waals surface area contributed by atoms with Crippen LogP contribution in [-0.4, -0.2) is 149 Å². The van der Waals surface area contributed by atoms with E-state index in [4.69, 9.17) is 45.2 Å². The molecule has 107 heavy (non-hydrogen) atoms. The van der Waals surface area contributed by atoms with Gasteiger partial charge in [0.25, 0.3) is 11.1 Å². The maximum atomic E-state index is 12.8. The summed E-state index contributed by atoms with van der Waals surface area (Å²) in [6.07, 6.45) is -1.92. The van der Waals surface area contributed by atoms with Gasteiger partial charge in [-0.1, -0.05) is 168 Å². The smallest absolute Gasteiger partial charge is 0.411 e. The molecule has 0 bridgehead atoms. The molecule has 0 saturated carbocycles. The first-order valence-corrected chi connectivity index (χ1v) is 34.9. The van der Waals surface area contributed by atoms with Crippen LogP contribution in [0.5, 0.6) is 5.88 Å². The van der Waals surface area contributed by atoms with Crippen LogP contribution >= 0.6 is 15.9 Å². The molecule has 0 radical (unpaired) electrons. The van der Waals surface area contributed by atoms with Crippen molar-refractivity contribution in [3.8, 4) is 40.0 Å². The fourth-order valence-electron chi connectivity index (χ4n) is 11.0. The predicted molar refractivity (Wildman–Crippen MR) is 415 cm³/mol. The number of aliphatic hydroxyl groups excluding tert-OH is 1. The number of methoxy groups -OCH3 is 2. The quantitative estimate of drug-likeness (QED) is 0.0338. The summed E-state index contributed by atoms with van der Waals surface area (Å²) in [5, 5.41) is 27.2. The topological polar surface area (TPSA) is 346 Å². The van der Waals surface area contributed by atoms with Crippen molar-refractivity contribution < 1.29 is 57.9 Å². The maximum absolute atomic E-state index is 12.8. The summed E-state index contributed by atoms with van der Waals surface area (Å²) in [7, 11) is 2.55. The van der Waals surface area contributed by atoms with Crippen LogP contribution in [0.25, 0.3) is 66.9 Å². The molecule has 8 aromatic carbocycles. The molecule has 2 saturated heterocycles. The molecule has 24 nitrogen and oxygen atoms in total. The highest BCUT2D eigenvalue weighted by Crippen LogP contribution is 2.32. The van der Waals surface area contributed by atoms with Crippen LogP contribution in [0, 0.1) is 33.1 Å². The Morgan fingerprint density at radius 1 is 0.523 bits per heavy atom. The van der Waals surface area contributed by atoms with Crippen molar-refractivity contribution in [3.63, 3.8) is 0 Å². The van der Waals surface area contributed by atoms with Gasteiger partial charge in [-0.25, -0.2) is 38.9 Å². The minimum Gasteiger partial charge on any atom is -0.478 e. The van der Waals surface area contributed by atoms with E-state index in [9.17, 15) is 38.7 Å². The number of aromatic amines is 2. The fourth-order valence-corrected chi connectivity index (χ4v) is 11.4. The minimum absolute atomic E-state index is 0.0919. The Bertz CT molecular complexity index is 4940. The summed E-state index contributed by atoms with van der Waals surface area (Å²) in [4.78, 5) is 110. The number of nitrogens with two attached hydrogens (primary N) is 1. The second kappa shape index (κ2) is 36.6. The number of aryl methyl sites for hydroxylation is 4. The second-order valence-electron chi connectivity index (χ2n) is 27.1. The van der Waals surface area contributed by atoms with Gasteiger partial charge in [0.1, 0.15) is 46.9 Å². The number of carbonyl (C=O) groups is 5. The van der Waals surface area contributed by atoms with Crippen LogP contribution in [0.15, 0.2) is 208 Å². The molecular formula is C82H87BrN10O14. The van der Waals surface area contributed by atoms with Gasteiger partial charge in [0.2, 0.25) is 5.88 Å². The molecule has 3 aromatic heterocycles. The molecule has 0 unspecified atom stereocenters. The molecule has 556 valence electrons. The number of aromatic carboxylic acids is 1. The summed E-state index contributed by atoms with van der Waals surface area (Å²) in [6, 6.07) is 59.1. The van der Waals surface area contributed by atoms with Crippen molar-refractivity contribution in [1.82, 2.24) is 39.7 Å². The van der Waals surface area contributed by atoms with Crippen LogP contribution in [0.2, 0.25) is 0 Å². The summed E-state index contributed by atoms with van der Waals surface area (Å²) in [6.45, 7) is 18.6. The van der Waals surface area contributed by atoms with Gasteiger partial charge in [-0.05, 0) is 134 Å². The third-order valence-electron chi connectivity index (χ3n) is 16.1. The minimum atomic E-state index is -0.902. The number of amides is 2. The number of rotatable bonds is 9. The van der Waals surface area contributed by atoms with E-state index in [0.29, 0.717) is 44.2 Å². The number of H-pyrrole nitrogens is 2. The Kier molecular flexibility index (Phi) is 27.6. The molecule has 7 N–H and O–H groups in total. The zero-order valence-corrected chi connectivity index (χ0v) is 63.1. The first-order valence-electron chi connectivity index (χ1n) is 34.1. The van der Waals surface area contributed by atoms with Gasteiger partial charge >= 0.3 is 30.1 Å². The molecule has 4 atom stereocenters. The zero-order chi connectivity index (χ0) is 77.9. The number of nitrogens with one attached hydrogen (secondary N) is 3. The van der Waals surface area contributed by atoms with E-state index in [1.165, 1.54) is 24.0 Å². The normalized spacial score (nSPS) is 15.0. The van der Waals surface area contributed by atoms with Crippen molar-refractivity contribution in [3.05, 3.63) is 253 Å². The Morgan fingerprint density at radius 2 is 0.916 bits per heavy atom. The Labute approximate surface area is 627 Å². The SMILES string of the molecule is COC(=O)[C@@H]1C[C@@H](O)CN1C(=O)OC(C)(C)C.COC(=O)[C@@H]1C[C@@H](Oc2nc(-c3ccccc3)nc3ccc(C)cc23)CN1C(=O)OC(C)(C)C.Cc1ccc(Br)c(C(=O)O)c1.Cc1ccc2nc(-c3ccccc3)[nH]c(=O)c2c1.Cc1ccc2nc(-c3ccccc3)[nH]c(=O)c2c1.N=C(N)c1ccccc1. The van der Waals surface area contributed by atoms with Gasteiger partial charge in [0.05, 0.1) is 71.7 Å².